The van der Waals surface area contributed by atoms with Crippen LogP contribution in [0.25, 0.3) is 0 Å². The van der Waals surface area contributed by atoms with Crippen LogP contribution in [0, 0.1) is 0 Å². The minimum Gasteiger partial charge on any atom is -0.350 e. The number of aryl methyl sites for hydroxylation is 1. The Bertz CT molecular complexity index is 527. The molecule has 0 aromatic carbocycles. The molecule has 0 saturated carbocycles. The molecular formula is C15H24N4OS. The molecule has 1 aromatic rings. The molecule has 2 aliphatic heterocycles. The monoisotopic (exact) mass is 308 g/mol. The number of rotatable bonds is 3. The van der Waals surface area contributed by atoms with E-state index in [1.807, 2.05) is 0 Å². The first-order valence-electron chi connectivity index (χ1n) is 7.84. The standard InChI is InChI=1S/C15H24N4OS/c1-18-8-6-16-14(15(18)20)19-7-2-3-13(11-19)17-12-4-9-21-10-5-12/h6,8,12-13,17H,2-5,7,9-11H2,1H3/t13-/m0/s1. The molecule has 0 spiro atoms. The van der Waals surface area contributed by atoms with Gasteiger partial charge in [0, 0.05) is 44.6 Å². The van der Waals surface area contributed by atoms with Crippen molar-refractivity contribution in [1.82, 2.24) is 14.9 Å². The predicted octanol–water partition coefficient (Wildman–Crippen LogP) is 1.23. The maximum Gasteiger partial charge on any atom is 0.293 e. The zero-order valence-corrected chi connectivity index (χ0v) is 13.4. The summed E-state index contributed by atoms with van der Waals surface area (Å²) in [4.78, 5) is 18.7. The van der Waals surface area contributed by atoms with Gasteiger partial charge in [0.2, 0.25) is 0 Å². The van der Waals surface area contributed by atoms with Crippen molar-refractivity contribution in [3.63, 3.8) is 0 Å². The fourth-order valence-electron chi connectivity index (χ4n) is 3.20. The molecule has 0 amide bonds. The van der Waals surface area contributed by atoms with Gasteiger partial charge in [0.15, 0.2) is 5.82 Å². The van der Waals surface area contributed by atoms with Crippen LogP contribution >= 0.6 is 11.8 Å². The van der Waals surface area contributed by atoms with Crippen LogP contribution in [0.5, 0.6) is 0 Å². The van der Waals surface area contributed by atoms with Crippen LogP contribution in [0.2, 0.25) is 0 Å². The van der Waals surface area contributed by atoms with E-state index < -0.39 is 0 Å². The van der Waals surface area contributed by atoms with Crippen LogP contribution in [0.3, 0.4) is 0 Å². The molecular weight excluding hydrogens is 284 g/mol. The Balaban J connectivity index is 1.65. The molecule has 6 heteroatoms. The van der Waals surface area contributed by atoms with Crippen molar-refractivity contribution in [2.75, 3.05) is 29.5 Å². The van der Waals surface area contributed by atoms with E-state index in [-0.39, 0.29) is 5.56 Å². The quantitative estimate of drug-likeness (QED) is 0.910. The minimum atomic E-state index is 0.00668. The molecule has 5 nitrogen and oxygen atoms in total. The summed E-state index contributed by atoms with van der Waals surface area (Å²) in [6.07, 6.45) is 8.29. The summed E-state index contributed by atoms with van der Waals surface area (Å²) >= 11 is 2.06. The summed E-state index contributed by atoms with van der Waals surface area (Å²) in [6.45, 7) is 1.83. The average Bonchev–Trinajstić information content (AvgIpc) is 2.51. The normalized spacial score (nSPS) is 24.2. The van der Waals surface area contributed by atoms with Crippen molar-refractivity contribution in [3.05, 3.63) is 22.7 Å². The molecule has 2 fully saturated rings. The summed E-state index contributed by atoms with van der Waals surface area (Å²) < 4.78 is 1.61. The average molecular weight is 308 g/mol. The Kier molecular flexibility index (Phi) is 4.85. The highest BCUT2D eigenvalue weighted by molar-refractivity contribution is 7.99. The summed E-state index contributed by atoms with van der Waals surface area (Å²) in [5, 5.41) is 3.80. The second-order valence-corrected chi connectivity index (χ2v) is 7.23. The molecule has 0 radical (unpaired) electrons. The Morgan fingerprint density at radius 2 is 2.10 bits per heavy atom. The SMILES string of the molecule is Cn1ccnc(N2CCC[C@H](NC3CCSCC3)C2)c1=O. The van der Waals surface area contributed by atoms with E-state index in [2.05, 4.69) is 27.0 Å². The Labute approximate surface area is 130 Å². The fraction of sp³-hybridized carbons (Fsp3) is 0.733. The summed E-state index contributed by atoms with van der Waals surface area (Å²) in [7, 11) is 1.78. The molecule has 1 aromatic heterocycles. The van der Waals surface area contributed by atoms with E-state index >= 15 is 0 Å². The lowest BCUT2D eigenvalue weighted by Gasteiger charge is -2.36. The molecule has 1 N–H and O–H groups in total. The third-order valence-corrected chi connectivity index (χ3v) is 5.46. The van der Waals surface area contributed by atoms with Crippen molar-refractivity contribution in [3.8, 4) is 0 Å². The first-order valence-corrected chi connectivity index (χ1v) is 9.00. The van der Waals surface area contributed by atoms with E-state index in [0.717, 1.165) is 19.5 Å². The molecule has 2 aliphatic rings. The number of piperidine rings is 1. The van der Waals surface area contributed by atoms with Gasteiger partial charge in [-0.15, -0.1) is 0 Å². The second-order valence-electron chi connectivity index (χ2n) is 6.01. The Morgan fingerprint density at radius 3 is 2.90 bits per heavy atom. The van der Waals surface area contributed by atoms with Crippen molar-refractivity contribution < 1.29 is 0 Å². The van der Waals surface area contributed by atoms with Crippen LogP contribution in [0.4, 0.5) is 5.82 Å². The molecule has 116 valence electrons. The molecule has 0 aliphatic carbocycles. The lowest BCUT2D eigenvalue weighted by atomic mass is 10.0. The van der Waals surface area contributed by atoms with E-state index in [0.29, 0.717) is 17.9 Å². The topological polar surface area (TPSA) is 50.2 Å². The summed E-state index contributed by atoms with van der Waals surface area (Å²) in [6, 6.07) is 1.14. The number of nitrogens with one attached hydrogen (secondary N) is 1. The highest BCUT2D eigenvalue weighted by atomic mass is 32.2. The number of hydrogen-bond donors (Lipinski definition) is 1. The first-order chi connectivity index (χ1) is 10.2. The lowest BCUT2D eigenvalue weighted by molar-refractivity contribution is 0.359. The molecule has 3 rings (SSSR count). The third-order valence-electron chi connectivity index (χ3n) is 4.41. The van der Waals surface area contributed by atoms with E-state index in [1.54, 1.807) is 24.0 Å². The number of anilines is 1. The van der Waals surface area contributed by atoms with Gasteiger partial charge < -0.3 is 14.8 Å². The highest BCUT2D eigenvalue weighted by Gasteiger charge is 2.25. The molecule has 2 saturated heterocycles. The predicted molar refractivity (Wildman–Crippen MR) is 88.2 cm³/mol. The molecule has 3 heterocycles. The summed E-state index contributed by atoms with van der Waals surface area (Å²) in [5.41, 5.74) is 0.00668. The van der Waals surface area contributed by atoms with Crippen molar-refractivity contribution in [2.45, 2.75) is 37.8 Å². The van der Waals surface area contributed by atoms with Crippen molar-refractivity contribution in [1.29, 1.82) is 0 Å². The second kappa shape index (κ2) is 6.83. The van der Waals surface area contributed by atoms with Gasteiger partial charge in [-0.1, -0.05) is 0 Å². The van der Waals surface area contributed by atoms with Gasteiger partial charge in [-0.2, -0.15) is 11.8 Å². The number of hydrogen-bond acceptors (Lipinski definition) is 5. The minimum absolute atomic E-state index is 0.00668. The highest BCUT2D eigenvalue weighted by Crippen LogP contribution is 2.20. The van der Waals surface area contributed by atoms with Crippen LogP contribution in [0.1, 0.15) is 25.7 Å². The molecule has 0 bridgehead atoms. The van der Waals surface area contributed by atoms with Crippen LogP contribution < -0.4 is 15.8 Å². The van der Waals surface area contributed by atoms with Crippen LogP contribution in [-0.2, 0) is 7.05 Å². The zero-order valence-electron chi connectivity index (χ0n) is 12.6. The van der Waals surface area contributed by atoms with Gasteiger partial charge in [0.25, 0.3) is 5.56 Å². The third kappa shape index (κ3) is 3.61. The van der Waals surface area contributed by atoms with Gasteiger partial charge in [0.1, 0.15) is 0 Å². The van der Waals surface area contributed by atoms with Gasteiger partial charge in [-0.25, -0.2) is 4.98 Å². The van der Waals surface area contributed by atoms with Crippen molar-refractivity contribution in [2.24, 2.45) is 7.05 Å². The molecule has 21 heavy (non-hydrogen) atoms. The lowest BCUT2D eigenvalue weighted by Crippen LogP contribution is -2.51. The van der Waals surface area contributed by atoms with Crippen LogP contribution in [-0.4, -0.2) is 46.2 Å². The number of thioether (sulfide) groups is 1. The van der Waals surface area contributed by atoms with Crippen LogP contribution in [0.15, 0.2) is 17.2 Å². The smallest absolute Gasteiger partial charge is 0.293 e. The Hall–Kier alpha value is -1.01. The van der Waals surface area contributed by atoms with Gasteiger partial charge in [0.05, 0.1) is 0 Å². The zero-order chi connectivity index (χ0) is 14.7. The molecule has 1 atom stereocenters. The van der Waals surface area contributed by atoms with Gasteiger partial charge >= 0.3 is 0 Å². The maximum atomic E-state index is 12.2. The molecule has 0 unspecified atom stereocenters. The van der Waals surface area contributed by atoms with Crippen molar-refractivity contribution >= 4 is 17.6 Å². The number of nitrogens with zero attached hydrogens (tertiary/aromatic N) is 3. The Morgan fingerprint density at radius 1 is 1.29 bits per heavy atom. The van der Waals surface area contributed by atoms with E-state index in [4.69, 9.17) is 0 Å². The first kappa shape index (κ1) is 14.9. The van der Waals surface area contributed by atoms with Gasteiger partial charge in [-0.05, 0) is 37.2 Å². The van der Waals surface area contributed by atoms with E-state index in [1.165, 1.54) is 30.8 Å². The maximum absolute atomic E-state index is 12.2. The number of aromatic nitrogens is 2. The summed E-state index contributed by atoms with van der Waals surface area (Å²) in [5.74, 6) is 3.15. The van der Waals surface area contributed by atoms with Gasteiger partial charge in [-0.3, -0.25) is 4.79 Å². The fourth-order valence-corrected chi connectivity index (χ4v) is 4.31. The largest absolute Gasteiger partial charge is 0.350 e. The van der Waals surface area contributed by atoms with E-state index in [9.17, 15) is 4.79 Å².